The van der Waals surface area contributed by atoms with Crippen LogP contribution in [0.3, 0.4) is 0 Å². The average molecular weight is 648 g/mol. The number of allylic oxidation sites excluding steroid dienone is 1. The minimum atomic E-state index is -0.694. The maximum absolute atomic E-state index is 14.5. The normalized spacial score (nSPS) is 28.0. The molecule has 1 aromatic rings. The molecule has 3 fully saturated rings. The van der Waals surface area contributed by atoms with Gasteiger partial charge in [0.15, 0.2) is 0 Å². The highest BCUT2D eigenvalue weighted by Crippen LogP contribution is 2.68. The molecule has 0 aromatic heterocycles. The van der Waals surface area contributed by atoms with Gasteiger partial charge >= 0.3 is 5.97 Å². The summed E-state index contributed by atoms with van der Waals surface area (Å²) >= 11 is 5.47. The molecular formula is C32H43BrN2O5S. The van der Waals surface area contributed by atoms with E-state index in [0.29, 0.717) is 32.7 Å². The SMILES string of the molecule is C=CCCCCOC(=O)[C@H]1[C@H]2C(=O)N(CCCCCCO)C(C(=O)N(CC=C)Cc3ccccc3)C23CC(Br)[C@@H]1S3. The fourth-order valence-electron chi connectivity index (χ4n) is 6.69. The van der Waals surface area contributed by atoms with Crippen LogP contribution in [0, 0.1) is 11.8 Å². The molecule has 0 aliphatic carbocycles. The van der Waals surface area contributed by atoms with E-state index in [9.17, 15) is 19.5 Å². The smallest absolute Gasteiger partial charge is 0.310 e. The van der Waals surface area contributed by atoms with E-state index in [4.69, 9.17) is 4.74 Å². The highest BCUT2D eigenvalue weighted by Gasteiger charge is 2.76. The molecule has 0 saturated carbocycles. The van der Waals surface area contributed by atoms with E-state index < -0.39 is 22.6 Å². The fourth-order valence-corrected chi connectivity index (χ4v) is 10.3. The van der Waals surface area contributed by atoms with Gasteiger partial charge in [0.2, 0.25) is 11.8 Å². The van der Waals surface area contributed by atoms with Crippen molar-refractivity contribution in [1.82, 2.24) is 9.80 Å². The molecule has 9 heteroatoms. The fraction of sp³-hybridized carbons (Fsp3) is 0.594. The molecule has 4 rings (SSSR count). The number of unbranched alkanes of at least 4 members (excludes halogenated alkanes) is 5. The molecule has 3 saturated heterocycles. The van der Waals surface area contributed by atoms with E-state index in [1.807, 2.05) is 36.4 Å². The van der Waals surface area contributed by atoms with Crippen LogP contribution >= 0.6 is 27.7 Å². The van der Waals surface area contributed by atoms with Crippen molar-refractivity contribution in [1.29, 1.82) is 0 Å². The number of nitrogens with zero attached hydrogens (tertiary/aromatic N) is 2. The summed E-state index contributed by atoms with van der Waals surface area (Å²) in [5, 5.41) is 9.06. The summed E-state index contributed by atoms with van der Waals surface area (Å²) < 4.78 is 5.04. The Hall–Kier alpha value is -2.10. The number of amides is 2. The number of halogens is 1. The Morgan fingerprint density at radius 2 is 1.88 bits per heavy atom. The van der Waals surface area contributed by atoms with Crippen LogP contribution in [-0.2, 0) is 25.7 Å². The molecule has 224 valence electrons. The monoisotopic (exact) mass is 646 g/mol. The third-order valence-corrected chi connectivity index (χ3v) is 11.7. The Bertz CT molecular complexity index is 1090. The number of carbonyl (C=O) groups excluding carboxylic acids is 3. The Morgan fingerprint density at radius 1 is 1.12 bits per heavy atom. The predicted octanol–water partition coefficient (Wildman–Crippen LogP) is 5.12. The number of ether oxygens (including phenoxy) is 1. The zero-order chi connectivity index (χ0) is 29.4. The summed E-state index contributed by atoms with van der Waals surface area (Å²) in [5.74, 6) is -1.69. The van der Waals surface area contributed by atoms with Gasteiger partial charge in [-0.2, -0.15) is 0 Å². The number of aliphatic hydroxyl groups is 1. The highest BCUT2D eigenvalue weighted by molar-refractivity contribution is 9.09. The molecule has 3 aliphatic heterocycles. The van der Waals surface area contributed by atoms with Gasteiger partial charge < -0.3 is 19.6 Å². The molecule has 2 bridgehead atoms. The summed E-state index contributed by atoms with van der Waals surface area (Å²) in [4.78, 5) is 45.8. The van der Waals surface area contributed by atoms with Gasteiger partial charge in [0.1, 0.15) is 6.04 Å². The van der Waals surface area contributed by atoms with Crippen molar-refractivity contribution >= 4 is 45.5 Å². The van der Waals surface area contributed by atoms with Gasteiger partial charge in [-0.1, -0.05) is 71.3 Å². The van der Waals surface area contributed by atoms with Crippen LogP contribution in [-0.4, -0.2) is 79.9 Å². The lowest BCUT2D eigenvalue weighted by molar-refractivity contribution is -0.154. The Labute approximate surface area is 256 Å². The molecule has 0 radical (unpaired) electrons. The van der Waals surface area contributed by atoms with Gasteiger partial charge in [-0.15, -0.1) is 24.9 Å². The molecule has 41 heavy (non-hydrogen) atoms. The van der Waals surface area contributed by atoms with Crippen LogP contribution < -0.4 is 0 Å². The van der Waals surface area contributed by atoms with Crippen LogP contribution in [0.4, 0.5) is 0 Å². The number of benzene rings is 1. The van der Waals surface area contributed by atoms with Gasteiger partial charge in [-0.3, -0.25) is 14.4 Å². The third-order valence-electron chi connectivity index (χ3n) is 8.53. The second-order valence-electron chi connectivity index (χ2n) is 11.3. The first kappa shape index (κ1) is 31.8. The van der Waals surface area contributed by atoms with Crippen LogP contribution in [0.25, 0.3) is 0 Å². The van der Waals surface area contributed by atoms with Crippen molar-refractivity contribution in [2.45, 2.75) is 78.8 Å². The van der Waals surface area contributed by atoms with Gasteiger partial charge in [0, 0.05) is 36.3 Å². The Balaban J connectivity index is 1.62. The van der Waals surface area contributed by atoms with Crippen LogP contribution in [0.5, 0.6) is 0 Å². The number of hydrogen-bond donors (Lipinski definition) is 1. The summed E-state index contributed by atoms with van der Waals surface area (Å²) in [7, 11) is 0. The topological polar surface area (TPSA) is 87.1 Å². The maximum atomic E-state index is 14.5. The number of esters is 1. The molecule has 1 N–H and O–H groups in total. The lowest BCUT2D eigenvalue weighted by Gasteiger charge is -2.38. The van der Waals surface area contributed by atoms with Crippen molar-refractivity contribution in [3.05, 3.63) is 61.2 Å². The van der Waals surface area contributed by atoms with Gasteiger partial charge in [-0.05, 0) is 44.1 Å². The number of alkyl halides is 1. The molecule has 1 aromatic carbocycles. The molecule has 3 aliphatic rings. The van der Waals surface area contributed by atoms with Gasteiger partial charge in [0.25, 0.3) is 0 Å². The first-order valence-electron chi connectivity index (χ1n) is 14.8. The van der Waals surface area contributed by atoms with Gasteiger partial charge in [0.05, 0.1) is 23.2 Å². The van der Waals surface area contributed by atoms with Crippen molar-refractivity contribution in [2.75, 3.05) is 26.3 Å². The third kappa shape index (κ3) is 6.78. The average Bonchev–Trinajstić information content (AvgIpc) is 3.56. The molecule has 1 spiro atoms. The summed E-state index contributed by atoms with van der Waals surface area (Å²) in [5.41, 5.74) is 1.01. The lowest BCUT2D eigenvalue weighted by Crippen LogP contribution is -2.55. The van der Waals surface area contributed by atoms with Crippen LogP contribution in [0.1, 0.15) is 56.9 Å². The number of rotatable bonds is 17. The molecule has 6 atom stereocenters. The van der Waals surface area contributed by atoms with E-state index in [-0.39, 0.29) is 34.5 Å². The zero-order valence-electron chi connectivity index (χ0n) is 23.8. The number of fused-ring (bicyclic) bond motifs is 1. The Kier molecular flexibility index (Phi) is 11.5. The van der Waals surface area contributed by atoms with E-state index in [2.05, 4.69) is 29.1 Å². The van der Waals surface area contributed by atoms with Gasteiger partial charge in [-0.25, -0.2) is 0 Å². The van der Waals surface area contributed by atoms with Crippen molar-refractivity contribution in [3.8, 4) is 0 Å². The lowest BCUT2D eigenvalue weighted by atomic mass is 9.71. The number of hydrogen-bond acceptors (Lipinski definition) is 6. The second-order valence-corrected chi connectivity index (χ2v) is 14.0. The first-order chi connectivity index (χ1) is 19.9. The zero-order valence-corrected chi connectivity index (χ0v) is 26.2. The molecule has 3 heterocycles. The van der Waals surface area contributed by atoms with Crippen molar-refractivity contribution in [3.63, 3.8) is 0 Å². The maximum Gasteiger partial charge on any atom is 0.310 e. The van der Waals surface area contributed by atoms with Crippen LogP contribution in [0.15, 0.2) is 55.6 Å². The molecule has 2 amide bonds. The van der Waals surface area contributed by atoms with E-state index in [1.54, 1.807) is 27.6 Å². The highest BCUT2D eigenvalue weighted by atomic mass is 79.9. The summed E-state index contributed by atoms with van der Waals surface area (Å²) in [6.45, 7) is 9.34. The molecular weight excluding hydrogens is 604 g/mol. The first-order valence-corrected chi connectivity index (χ1v) is 16.6. The number of thioether (sulfide) groups is 1. The number of aliphatic hydroxyl groups excluding tert-OH is 1. The molecule has 3 unspecified atom stereocenters. The largest absolute Gasteiger partial charge is 0.465 e. The van der Waals surface area contributed by atoms with E-state index >= 15 is 0 Å². The second kappa shape index (κ2) is 14.9. The van der Waals surface area contributed by atoms with E-state index in [1.165, 1.54) is 0 Å². The predicted molar refractivity (Wildman–Crippen MR) is 167 cm³/mol. The quantitative estimate of drug-likeness (QED) is 0.109. The minimum absolute atomic E-state index is 0.0108. The minimum Gasteiger partial charge on any atom is -0.465 e. The summed E-state index contributed by atoms with van der Waals surface area (Å²) in [6.07, 6.45) is 9.92. The number of carbonyl (C=O) groups is 3. The van der Waals surface area contributed by atoms with Crippen molar-refractivity contribution in [2.24, 2.45) is 11.8 Å². The van der Waals surface area contributed by atoms with Crippen LogP contribution in [0.2, 0.25) is 0 Å². The van der Waals surface area contributed by atoms with Crippen molar-refractivity contribution < 1.29 is 24.2 Å². The summed E-state index contributed by atoms with van der Waals surface area (Å²) in [6, 6.07) is 9.18. The number of likely N-dealkylation sites (tertiary alicyclic amines) is 1. The van der Waals surface area contributed by atoms with E-state index in [0.717, 1.165) is 50.5 Å². The Morgan fingerprint density at radius 3 is 2.59 bits per heavy atom. The standard InChI is InChI=1S/C32H43BrN2O5S/c1-3-5-6-14-20-40-31(39)25-26-29(37)35(18-12-7-8-13-19-36)28(32(26)21-24(33)27(25)41-32)30(38)34(17-4-2)22-23-15-10-9-11-16-23/h3-4,9-11,15-16,24-28,36H,1-2,5-8,12-14,17-22H2/t24?,25-,26-,27-,28?,32?/m0/s1. The molecule has 7 nitrogen and oxygen atoms in total.